The van der Waals surface area contributed by atoms with Gasteiger partial charge in [-0.1, -0.05) is 103 Å². The first-order valence-corrected chi connectivity index (χ1v) is 18.6. The van der Waals surface area contributed by atoms with Gasteiger partial charge < -0.3 is 0 Å². The number of nitrogens with zero attached hydrogens (tertiary/aromatic N) is 4. The van der Waals surface area contributed by atoms with Crippen molar-refractivity contribution >= 4 is 63.0 Å². The predicted octanol–water partition coefficient (Wildman–Crippen LogP) is 12.8. The first kappa shape index (κ1) is 30.3. The molecule has 0 spiro atoms. The number of thiophene rings is 2. The molecular weight excluding hydrogens is 673 g/mol. The number of hydrogen-bond acceptors (Lipinski definition) is 6. The van der Waals surface area contributed by atoms with Crippen molar-refractivity contribution < 1.29 is 0 Å². The van der Waals surface area contributed by atoms with E-state index in [2.05, 4.69) is 109 Å². The van der Waals surface area contributed by atoms with E-state index in [0.717, 1.165) is 38.9 Å². The van der Waals surface area contributed by atoms with Crippen LogP contribution >= 0.6 is 22.7 Å². The van der Waals surface area contributed by atoms with Crippen molar-refractivity contribution in [3.05, 3.63) is 163 Å². The highest BCUT2D eigenvalue weighted by Gasteiger charge is 2.19. The first-order chi connectivity index (χ1) is 25.7. The Kier molecular flexibility index (Phi) is 7.21. The zero-order valence-corrected chi connectivity index (χ0v) is 29.2. The summed E-state index contributed by atoms with van der Waals surface area (Å²) < 4.78 is 5.09. The molecule has 0 aliphatic heterocycles. The van der Waals surface area contributed by atoms with Crippen molar-refractivity contribution in [1.29, 1.82) is 5.26 Å². The predicted molar refractivity (Wildman–Crippen MR) is 217 cm³/mol. The third-order valence-corrected chi connectivity index (χ3v) is 11.9. The summed E-state index contributed by atoms with van der Waals surface area (Å²) in [6.07, 6.45) is 0. The second kappa shape index (κ2) is 12.4. The largest absolute Gasteiger partial charge is 0.208 e. The van der Waals surface area contributed by atoms with E-state index in [0.29, 0.717) is 23.0 Å². The fraction of sp³-hybridized carbons (Fsp3) is 0. The Labute approximate surface area is 307 Å². The zero-order chi connectivity index (χ0) is 34.6. The molecule has 3 heterocycles. The van der Waals surface area contributed by atoms with Crippen LogP contribution in [0.5, 0.6) is 0 Å². The average Bonchev–Trinajstić information content (AvgIpc) is 3.78. The molecule has 0 N–H and O–H groups in total. The van der Waals surface area contributed by atoms with E-state index in [1.54, 1.807) is 6.07 Å². The SMILES string of the molecule is N#Cc1cccc(-c2nc(-c3ccccc3)nc(-c3cc(-c4ccc5sc6ccccc6c5c4)ccc3-c3ccc4sc5ccccc5c4c3)n2)c1. The number of aromatic nitrogens is 3. The van der Waals surface area contributed by atoms with Crippen LogP contribution in [0.3, 0.4) is 0 Å². The van der Waals surface area contributed by atoms with Crippen LogP contribution in [0.2, 0.25) is 0 Å². The van der Waals surface area contributed by atoms with Crippen LogP contribution in [0.25, 0.3) is 96.8 Å². The van der Waals surface area contributed by atoms with E-state index >= 15 is 0 Å². The summed E-state index contributed by atoms with van der Waals surface area (Å²) >= 11 is 3.64. The van der Waals surface area contributed by atoms with Gasteiger partial charge in [0, 0.05) is 57.0 Å². The molecule has 0 aliphatic carbocycles. The Morgan fingerprint density at radius 1 is 0.365 bits per heavy atom. The van der Waals surface area contributed by atoms with Crippen molar-refractivity contribution in [2.24, 2.45) is 0 Å². The highest BCUT2D eigenvalue weighted by atomic mass is 32.1. The van der Waals surface area contributed by atoms with Crippen molar-refractivity contribution in [2.45, 2.75) is 0 Å². The number of fused-ring (bicyclic) bond motifs is 6. The van der Waals surface area contributed by atoms with E-state index in [9.17, 15) is 5.26 Å². The Morgan fingerprint density at radius 2 is 0.904 bits per heavy atom. The molecule has 242 valence electrons. The van der Waals surface area contributed by atoms with Crippen molar-refractivity contribution in [3.8, 4) is 62.5 Å². The molecule has 0 aliphatic rings. The Bertz CT molecular complexity index is 3040. The third-order valence-electron chi connectivity index (χ3n) is 9.58. The molecule has 0 bridgehead atoms. The summed E-state index contributed by atoms with van der Waals surface area (Å²) in [6, 6.07) is 57.0. The molecule has 7 aromatic carbocycles. The number of benzene rings is 7. The van der Waals surface area contributed by atoms with Crippen LogP contribution in [-0.4, -0.2) is 15.0 Å². The van der Waals surface area contributed by atoms with Gasteiger partial charge in [0.1, 0.15) is 0 Å². The maximum Gasteiger partial charge on any atom is 0.164 e. The van der Waals surface area contributed by atoms with E-state index in [-0.39, 0.29) is 0 Å². The van der Waals surface area contributed by atoms with Crippen LogP contribution in [-0.2, 0) is 0 Å². The lowest BCUT2D eigenvalue weighted by Gasteiger charge is -2.14. The molecule has 0 saturated carbocycles. The molecule has 0 atom stereocenters. The summed E-state index contributed by atoms with van der Waals surface area (Å²) in [5, 5.41) is 14.7. The monoisotopic (exact) mass is 698 g/mol. The maximum atomic E-state index is 9.71. The van der Waals surface area contributed by atoms with Gasteiger partial charge in [0.2, 0.25) is 0 Å². The molecule has 0 amide bonds. The molecule has 10 rings (SSSR count). The minimum absolute atomic E-state index is 0.516. The maximum absolute atomic E-state index is 9.71. The minimum Gasteiger partial charge on any atom is -0.208 e. The van der Waals surface area contributed by atoms with Crippen LogP contribution in [0.15, 0.2) is 158 Å². The van der Waals surface area contributed by atoms with Gasteiger partial charge in [0.05, 0.1) is 11.6 Å². The minimum atomic E-state index is 0.516. The molecule has 10 aromatic rings. The second-order valence-electron chi connectivity index (χ2n) is 12.7. The summed E-state index contributed by atoms with van der Waals surface area (Å²) in [7, 11) is 0. The zero-order valence-electron chi connectivity index (χ0n) is 27.6. The molecule has 6 heteroatoms. The van der Waals surface area contributed by atoms with Gasteiger partial charge in [-0.05, 0) is 76.9 Å². The Morgan fingerprint density at radius 3 is 1.62 bits per heavy atom. The molecule has 52 heavy (non-hydrogen) atoms. The second-order valence-corrected chi connectivity index (χ2v) is 14.9. The molecule has 0 fully saturated rings. The highest BCUT2D eigenvalue weighted by molar-refractivity contribution is 7.26. The van der Waals surface area contributed by atoms with Crippen LogP contribution in [0.4, 0.5) is 0 Å². The van der Waals surface area contributed by atoms with Gasteiger partial charge in [-0.3, -0.25) is 0 Å². The first-order valence-electron chi connectivity index (χ1n) is 17.0. The molecule has 0 radical (unpaired) electrons. The van der Waals surface area contributed by atoms with Gasteiger partial charge >= 0.3 is 0 Å². The van der Waals surface area contributed by atoms with Crippen molar-refractivity contribution in [1.82, 2.24) is 15.0 Å². The van der Waals surface area contributed by atoms with Gasteiger partial charge in [0.25, 0.3) is 0 Å². The van der Waals surface area contributed by atoms with Gasteiger partial charge in [-0.15, -0.1) is 22.7 Å². The number of rotatable bonds is 5. The number of hydrogen-bond donors (Lipinski definition) is 0. The Balaban J connectivity index is 1.23. The number of nitriles is 1. The van der Waals surface area contributed by atoms with Crippen molar-refractivity contribution in [2.75, 3.05) is 0 Å². The fourth-order valence-electron chi connectivity index (χ4n) is 7.03. The van der Waals surface area contributed by atoms with Gasteiger partial charge in [-0.2, -0.15) is 5.26 Å². The van der Waals surface area contributed by atoms with E-state index in [4.69, 9.17) is 15.0 Å². The average molecular weight is 699 g/mol. The summed E-state index contributed by atoms with van der Waals surface area (Å²) in [5.41, 5.74) is 7.44. The standard InChI is InChI=1S/C46H26N4S2/c47-27-28-9-8-12-33(23-28)45-48-44(29-10-2-1-3-11-29)49-46(50-45)39-25-30(31-18-21-42-37(24-31)35-13-4-6-15-40(35)51-42)17-20-34(39)32-19-22-43-38(26-32)36-14-5-7-16-41(36)52-43/h1-26H. The smallest absolute Gasteiger partial charge is 0.164 e. The third kappa shape index (κ3) is 5.23. The van der Waals surface area contributed by atoms with E-state index in [1.807, 2.05) is 71.2 Å². The quantitative estimate of drug-likeness (QED) is 0.179. The molecule has 0 unspecified atom stereocenters. The van der Waals surface area contributed by atoms with Gasteiger partial charge in [-0.25, -0.2) is 15.0 Å². The summed E-state index contributed by atoms with van der Waals surface area (Å²) in [5.74, 6) is 1.66. The fourth-order valence-corrected chi connectivity index (χ4v) is 9.20. The Hall–Kier alpha value is -6.52. The molecular formula is C46H26N4S2. The molecule has 0 saturated heterocycles. The van der Waals surface area contributed by atoms with Crippen molar-refractivity contribution in [3.63, 3.8) is 0 Å². The lowest BCUT2D eigenvalue weighted by atomic mass is 9.93. The summed E-state index contributed by atoms with van der Waals surface area (Å²) in [6.45, 7) is 0. The van der Waals surface area contributed by atoms with E-state index < -0.39 is 0 Å². The van der Waals surface area contributed by atoms with Crippen LogP contribution in [0.1, 0.15) is 5.56 Å². The normalized spacial score (nSPS) is 11.4. The lowest BCUT2D eigenvalue weighted by molar-refractivity contribution is 1.07. The van der Waals surface area contributed by atoms with Gasteiger partial charge in [0.15, 0.2) is 17.5 Å². The van der Waals surface area contributed by atoms with Crippen LogP contribution < -0.4 is 0 Å². The van der Waals surface area contributed by atoms with Crippen LogP contribution in [0, 0.1) is 11.3 Å². The molecule has 4 nitrogen and oxygen atoms in total. The van der Waals surface area contributed by atoms with E-state index in [1.165, 1.54) is 40.3 Å². The lowest BCUT2D eigenvalue weighted by Crippen LogP contribution is -2.01. The molecule has 3 aromatic heterocycles. The topological polar surface area (TPSA) is 62.5 Å². The highest BCUT2D eigenvalue weighted by Crippen LogP contribution is 2.42. The summed E-state index contributed by atoms with van der Waals surface area (Å²) in [4.78, 5) is 15.3.